The molecule has 1 aliphatic carbocycles. The third-order valence-corrected chi connectivity index (χ3v) is 7.28. The van der Waals surface area contributed by atoms with Crippen LogP contribution in [0.1, 0.15) is 48.7 Å². The average molecular weight is 397 g/mol. The van der Waals surface area contributed by atoms with Gasteiger partial charge in [0.25, 0.3) is 5.91 Å². The van der Waals surface area contributed by atoms with Gasteiger partial charge < -0.3 is 14.5 Å². The summed E-state index contributed by atoms with van der Waals surface area (Å²) in [4.78, 5) is 30.3. The summed E-state index contributed by atoms with van der Waals surface area (Å²) in [6.45, 7) is 5.06. The zero-order valence-corrected chi connectivity index (χ0v) is 16.7. The molecule has 1 aromatic rings. The molecule has 2 saturated heterocycles. The number of rotatable bonds is 4. The van der Waals surface area contributed by atoms with E-state index in [1.54, 1.807) is 17.0 Å². The summed E-state index contributed by atoms with van der Waals surface area (Å²) < 4.78 is 6.30. The van der Waals surface area contributed by atoms with Crippen LogP contribution in [-0.2, 0) is 9.53 Å². The van der Waals surface area contributed by atoms with E-state index in [0.29, 0.717) is 21.9 Å². The van der Waals surface area contributed by atoms with Gasteiger partial charge in [-0.2, -0.15) is 0 Å². The Hall–Kier alpha value is -1.11. The molecule has 5 nitrogen and oxygen atoms in total. The van der Waals surface area contributed by atoms with Crippen LogP contribution in [0.5, 0.6) is 0 Å². The summed E-state index contributed by atoms with van der Waals surface area (Å²) in [6, 6.07) is 3.17. The predicted molar refractivity (Wildman–Crippen MR) is 102 cm³/mol. The van der Waals surface area contributed by atoms with E-state index in [9.17, 15) is 9.59 Å². The molecule has 3 heterocycles. The average Bonchev–Trinajstić information content (AvgIpc) is 3.32. The van der Waals surface area contributed by atoms with Crippen LogP contribution in [0.15, 0.2) is 12.1 Å². The number of hydrogen-bond donors (Lipinski definition) is 0. The number of amides is 2. The van der Waals surface area contributed by atoms with Gasteiger partial charge in [0, 0.05) is 26.2 Å². The van der Waals surface area contributed by atoms with Crippen molar-refractivity contribution in [2.45, 2.75) is 51.2 Å². The second kappa shape index (κ2) is 7.13. The van der Waals surface area contributed by atoms with Crippen molar-refractivity contribution in [2.75, 3.05) is 26.2 Å². The zero-order chi connectivity index (χ0) is 18.3. The predicted octanol–water partition coefficient (Wildman–Crippen LogP) is 3.42. The van der Waals surface area contributed by atoms with Crippen LogP contribution in [0.2, 0.25) is 4.34 Å². The van der Waals surface area contributed by atoms with Crippen molar-refractivity contribution in [1.82, 2.24) is 9.80 Å². The van der Waals surface area contributed by atoms with Crippen LogP contribution >= 0.6 is 22.9 Å². The van der Waals surface area contributed by atoms with Gasteiger partial charge in [-0.3, -0.25) is 9.59 Å². The highest BCUT2D eigenvalue weighted by molar-refractivity contribution is 7.17. The Bertz CT molecular complexity index is 701. The van der Waals surface area contributed by atoms with Gasteiger partial charge in [-0.25, -0.2) is 0 Å². The number of carbonyl (C=O) groups excluding carboxylic acids is 2. The van der Waals surface area contributed by atoms with Crippen LogP contribution in [0, 0.1) is 5.41 Å². The number of carbonyl (C=O) groups is 2. The first kappa shape index (κ1) is 18.3. The van der Waals surface area contributed by atoms with E-state index in [4.69, 9.17) is 16.3 Å². The number of hydrogen-bond acceptors (Lipinski definition) is 4. The summed E-state index contributed by atoms with van der Waals surface area (Å²) in [5.41, 5.74) is 0.254. The molecule has 0 N–H and O–H groups in total. The van der Waals surface area contributed by atoms with Gasteiger partial charge in [0.05, 0.1) is 15.3 Å². The molecule has 0 aromatic carbocycles. The minimum absolute atomic E-state index is 0.0632. The molecule has 1 aromatic heterocycles. The van der Waals surface area contributed by atoms with Crippen LogP contribution in [0.25, 0.3) is 0 Å². The highest BCUT2D eigenvalue weighted by atomic mass is 35.5. The second-order valence-electron chi connectivity index (χ2n) is 7.76. The standard InChI is InChI=1S/C19H25ClN2O3S/c1-2-25-13-10-19(11-13)7-9-21(12-19)17(23)14-4-3-8-22(14)18(24)15-5-6-16(20)26-15/h5-6,13-14H,2-4,7-12H2,1H3. The Balaban J connectivity index is 1.39. The molecule has 4 rings (SSSR count). The lowest BCUT2D eigenvalue weighted by Gasteiger charge is -2.44. The maximum Gasteiger partial charge on any atom is 0.264 e. The van der Waals surface area contributed by atoms with Gasteiger partial charge >= 0.3 is 0 Å². The van der Waals surface area contributed by atoms with Crippen LogP contribution < -0.4 is 0 Å². The highest BCUT2D eigenvalue weighted by Gasteiger charge is 2.51. The van der Waals surface area contributed by atoms with E-state index in [0.717, 1.165) is 51.8 Å². The molecule has 3 fully saturated rings. The molecule has 3 aliphatic rings. The molecule has 1 spiro atoms. The van der Waals surface area contributed by atoms with Gasteiger partial charge in [0.15, 0.2) is 0 Å². The van der Waals surface area contributed by atoms with E-state index in [1.807, 2.05) is 11.8 Å². The van der Waals surface area contributed by atoms with Gasteiger partial charge in [0.1, 0.15) is 6.04 Å². The van der Waals surface area contributed by atoms with E-state index < -0.39 is 0 Å². The van der Waals surface area contributed by atoms with Crippen molar-refractivity contribution < 1.29 is 14.3 Å². The number of ether oxygens (including phenoxy) is 1. The van der Waals surface area contributed by atoms with E-state index in [-0.39, 0.29) is 23.3 Å². The molecule has 1 unspecified atom stereocenters. The maximum atomic E-state index is 13.1. The zero-order valence-electron chi connectivity index (χ0n) is 15.1. The Kier molecular flexibility index (Phi) is 5.01. The fourth-order valence-electron chi connectivity index (χ4n) is 4.76. The first-order valence-electron chi connectivity index (χ1n) is 9.48. The van der Waals surface area contributed by atoms with Crippen molar-refractivity contribution in [1.29, 1.82) is 0 Å². The largest absolute Gasteiger partial charge is 0.378 e. The first-order chi connectivity index (χ1) is 12.5. The molecule has 2 aliphatic heterocycles. The van der Waals surface area contributed by atoms with Crippen molar-refractivity contribution in [2.24, 2.45) is 5.41 Å². The van der Waals surface area contributed by atoms with E-state index in [2.05, 4.69) is 0 Å². The van der Waals surface area contributed by atoms with Crippen LogP contribution in [-0.4, -0.2) is 60.0 Å². The topological polar surface area (TPSA) is 49.9 Å². The smallest absolute Gasteiger partial charge is 0.264 e. The fourth-order valence-corrected chi connectivity index (χ4v) is 5.76. The number of thiophene rings is 1. The first-order valence-corrected chi connectivity index (χ1v) is 10.7. The van der Waals surface area contributed by atoms with Gasteiger partial charge in [-0.05, 0) is 56.6 Å². The quantitative estimate of drug-likeness (QED) is 0.783. The Morgan fingerprint density at radius 3 is 2.85 bits per heavy atom. The molecule has 7 heteroatoms. The van der Waals surface area contributed by atoms with Gasteiger partial charge in [-0.1, -0.05) is 11.6 Å². The Morgan fingerprint density at radius 1 is 1.35 bits per heavy atom. The normalized spacial score (nSPS) is 30.8. The van der Waals surface area contributed by atoms with E-state index >= 15 is 0 Å². The third-order valence-electron chi connectivity index (χ3n) is 6.06. The molecular weight excluding hydrogens is 372 g/mol. The van der Waals surface area contributed by atoms with Gasteiger partial charge in [-0.15, -0.1) is 11.3 Å². The molecule has 2 amide bonds. The van der Waals surface area contributed by atoms with Crippen LogP contribution in [0.4, 0.5) is 0 Å². The van der Waals surface area contributed by atoms with Crippen LogP contribution in [0.3, 0.4) is 0 Å². The van der Waals surface area contributed by atoms with Crippen molar-refractivity contribution in [3.8, 4) is 0 Å². The minimum Gasteiger partial charge on any atom is -0.378 e. The number of nitrogens with zero attached hydrogens (tertiary/aromatic N) is 2. The lowest BCUT2D eigenvalue weighted by Crippen LogP contribution is -2.49. The molecule has 0 bridgehead atoms. The molecule has 142 valence electrons. The summed E-state index contributed by atoms with van der Waals surface area (Å²) in [6.07, 6.45) is 5.19. The van der Waals surface area contributed by atoms with E-state index in [1.165, 1.54) is 11.3 Å². The van der Waals surface area contributed by atoms with Crippen molar-refractivity contribution >= 4 is 34.8 Å². The summed E-state index contributed by atoms with van der Waals surface area (Å²) >= 11 is 7.25. The summed E-state index contributed by atoms with van der Waals surface area (Å²) in [5.74, 6) is 0.0574. The molecular formula is C19H25ClN2O3S. The Labute approximate surface area is 163 Å². The lowest BCUT2D eigenvalue weighted by atomic mass is 9.66. The van der Waals surface area contributed by atoms with Crippen molar-refractivity contribution in [3.05, 3.63) is 21.3 Å². The Morgan fingerprint density at radius 2 is 2.15 bits per heavy atom. The number of likely N-dealkylation sites (tertiary alicyclic amines) is 2. The van der Waals surface area contributed by atoms with Gasteiger partial charge in [0.2, 0.25) is 5.91 Å². The molecule has 0 radical (unpaired) electrons. The third kappa shape index (κ3) is 3.27. The maximum absolute atomic E-state index is 13.1. The number of halogens is 1. The van der Waals surface area contributed by atoms with Crippen molar-refractivity contribution in [3.63, 3.8) is 0 Å². The fraction of sp³-hybridized carbons (Fsp3) is 0.684. The lowest BCUT2D eigenvalue weighted by molar-refractivity contribution is -0.136. The SMILES string of the molecule is CCOC1CC2(CCN(C(=O)C3CCCN3C(=O)c3ccc(Cl)s3)C2)C1. The second-order valence-corrected chi connectivity index (χ2v) is 9.47. The molecule has 1 atom stereocenters. The minimum atomic E-state index is -0.318. The summed E-state index contributed by atoms with van der Waals surface area (Å²) in [5, 5.41) is 0. The monoisotopic (exact) mass is 396 g/mol. The summed E-state index contributed by atoms with van der Waals surface area (Å²) in [7, 11) is 0. The molecule has 26 heavy (non-hydrogen) atoms. The highest BCUT2D eigenvalue weighted by Crippen LogP contribution is 2.49. The molecule has 1 saturated carbocycles.